The van der Waals surface area contributed by atoms with Crippen LogP contribution in [0.15, 0.2) is 48.7 Å². The first kappa shape index (κ1) is 21.1. The van der Waals surface area contributed by atoms with Gasteiger partial charge in [0.25, 0.3) is 5.91 Å². The molecule has 1 unspecified atom stereocenters. The molecular formula is C22H21N5O5. The average molecular weight is 435 g/mol. The number of amides is 3. The number of benzene rings is 2. The molecule has 10 nitrogen and oxygen atoms in total. The van der Waals surface area contributed by atoms with E-state index >= 15 is 0 Å². The van der Waals surface area contributed by atoms with Gasteiger partial charge in [0.1, 0.15) is 22.7 Å². The van der Waals surface area contributed by atoms with Gasteiger partial charge in [0.15, 0.2) is 0 Å². The molecular weight excluding hydrogens is 414 g/mol. The van der Waals surface area contributed by atoms with Gasteiger partial charge in [-0.2, -0.15) is 0 Å². The number of carbonyl (C=O) groups is 3. The molecule has 0 aliphatic heterocycles. The molecule has 32 heavy (non-hydrogen) atoms. The summed E-state index contributed by atoms with van der Waals surface area (Å²) in [5.41, 5.74) is 13.1. The number of nitrogen functional groups attached to an aromatic ring is 1. The molecule has 1 saturated carbocycles. The third kappa shape index (κ3) is 3.36. The molecule has 1 heterocycles. The van der Waals surface area contributed by atoms with Crippen molar-refractivity contribution in [1.29, 1.82) is 0 Å². The summed E-state index contributed by atoms with van der Waals surface area (Å²) in [7, 11) is 1.45. The zero-order chi connectivity index (χ0) is 23.0. The number of aromatic nitrogens is 1. The molecule has 1 aromatic heterocycles. The minimum atomic E-state index is -1.33. The predicted octanol–water partition coefficient (Wildman–Crippen LogP) is 1.08. The number of carbonyl (C=O) groups excluding carboxylic acids is 3. The van der Waals surface area contributed by atoms with Gasteiger partial charge in [-0.25, -0.2) is 5.84 Å². The molecule has 0 radical (unpaired) electrons. The van der Waals surface area contributed by atoms with Gasteiger partial charge in [-0.05, 0) is 36.2 Å². The van der Waals surface area contributed by atoms with E-state index in [1.807, 2.05) is 0 Å². The Kier molecular flexibility index (Phi) is 5.15. The minimum absolute atomic E-state index is 0.235. The lowest BCUT2D eigenvalue weighted by molar-refractivity contribution is -0.133. The van der Waals surface area contributed by atoms with E-state index in [9.17, 15) is 14.4 Å². The van der Waals surface area contributed by atoms with Gasteiger partial charge in [-0.15, -0.1) is 0 Å². The third-order valence-electron chi connectivity index (χ3n) is 5.75. The van der Waals surface area contributed by atoms with E-state index in [-0.39, 0.29) is 11.5 Å². The number of nitrogens with zero attached hydrogens (tertiary/aromatic N) is 1. The Morgan fingerprint density at radius 2 is 1.75 bits per heavy atom. The van der Waals surface area contributed by atoms with Crippen molar-refractivity contribution < 1.29 is 23.9 Å². The summed E-state index contributed by atoms with van der Waals surface area (Å²) < 4.78 is 11.3. The lowest BCUT2D eigenvalue weighted by atomic mass is 9.97. The van der Waals surface area contributed by atoms with Gasteiger partial charge < -0.3 is 20.9 Å². The average Bonchev–Trinajstić information content (AvgIpc) is 3.56. The maximum atomic E-state index is 12.1. The molecule has 1 atom stereocenters. The largest absolute Gasteiger partial charge is 0.496 e. The molecule has 1 aliphatic carbocycles. The first-order valence-corrected chi connectivity index (χ1v) is 9.67. The number of hydrazine groups is 1. The summed E-state index contributed by atoms with van der Waals surface area (Å²) in [5, 5.41) is 0.583. The fourth-order valence-corrected chi connectivity index (χ4v) is 3.89. The fraction of sp³-hybridized carbons (Fsp3) is 0.182. The number of nitrogens with two attached hydrogens (primary N) is 3. The standard InChI is InChI=1S/C22H21N5O5/c1-31-18-9-16-13(8-14(18)19(28)27-25)17(6-7-26-16)32-12-4-2-11(3-5-12)15-10-22(15,20(23)29)21(24)30/h2-9,15H,10,25H2,1H3,(H2,23,29)(H2,24,30)(H,27,28). The van der Waals surface area contributed by atoms with E-state index in [0.29, 0.717) is 34.6 Å². The second-order valence-electron chi connectivity index (χ2n) is 7.48. The number of ether oxygens (including phenoxy) is 2. The van der Waals surface area contributed by atoms with Crippen LogP contribution in [0, 0.1) is 5.41 Å². The monoisotopic (exact) mass is 435 g/mol. The number of hydrogen-bond donors (Lipinski definition) is 4. The van der Waals surface area contributed by atoms with Gasteiger partial charge in [0.2, 0.25) is 11.8 Å². The second-order valence-corrected chi connectivity index (χ2v) is 7.48. The van der Waals surface area contributed by atoms with Crippen LogP contribution < -0.4 is 32.2 Å². The second kappa shape index (κ2) is 7.82. The lowest BCUT2D eigenvalue weighted by Gasteiger charge is -2.13. The Labute approximate surface area is 182 Å². The molecule has 1 aliphatic rings. The molecule has 2 aromatic carbocycles. The highest BCUT2D eigenvalue weighted by Crippen LogP contribution is 2.59. The van der Waals surface area contributed by atoms with Crippen molar-refractivity contribution in [2.45, 2.75) is 12.3 Å². The molecule has 10 heteroatoms. The maximum absolute atomic E-state index is 12.1. The number of hydrogen-bond acceptors (Lipinski definition) is 7. The summed E-state index contributed by atoms with van der Waals surface area (Å²) in [6.45, 7) is 0. The van der Waals surface area contributed by atoms with Crippen molar-refractivity contribution >= 4 is 28.6 Å². The van der Waals surface area contributed by atoms with Crippen molar-refractivity contribution in [2.75, 3.05) is 7.11 Å². The highest BCUT2D eigenvalue weighted by Gasteiger charge is 2.64. The van der Waals surface area contributed by atoms with Crippen LogP contribution in [0.4, 0.5) is 0 Å². The van der Waals surface area contributed by atoms with Crippen molar-refractivity contribution in [3.05, 3.63) is 59.8 Å². The van der Waals surface area contributed by atoms with E-state index in [4.69, 9.17) is 26.8 Å². The minimum Gasteiger partial charge on any atom is -0.496 e. The topological polar surface area (TPSA) is 173 Å². The Bertz CT molecular complexity index is 1230. The van der Waals surface area contributed by atoms with Gasteiger partial charge in [0.05, 0.1) is 18.2 Å². The third-order valence-corrected chi connectivity index (χ3v) is 5.75. The summed E-state index contributed by atoms with van der Waals surface area (Å²) in [6.07, 6.45) is 1.87. The molecule has 3 aromatic rings. The van der Waals surface area contributed by atoms with Crippen LogP contribution in [-0.2, 0) is 9.59 Å². The molecule has 0 saturated heterocycles. The van der Waals surface area contributed by atoms with Crippen LogP contribution in [0.5, 0.6) is 17.2 Å². The number of methoxy groups -OCH3 is 1. The Morgan fingerprint density at radius 1 is 1.06 bits per heavy atom. The van der Waals surface area contributed by atoms with Crippen LogP contribution in [0.3, 0.4) is 0 Å². The van der Waals surface area contributed by atoms with Crippen LogP contribution in [0.1, 0.15) is 28.3 Å². The number of fused-ring (bicyclic) bond motifs is 1. The van der Waals surface area contributed by atoms with Gasteiger partial charge in [-0.1, -0.05) is 12.1 Å². The van der Waals surface area contributed by atoms with Crippen molar-refractivity contribution in [2.24, 2.45) is 22.7 Å². The Hall–Kier alpha value is -4.18. The summed E-state index contributed by atoms with van der Waals surface area (Å²) in [6, 6.07) is 11.8. The van der Waals surface area contributed by atoms with Gasteiger partial charge in [0, 0.05) is 23.6 Å². The normalized spacial score (nSPS) is 16.2. The summed E-state index contributed by atoms with van der Waals surface area (Å²) in [5.74, 6) is 4.27. The molecule has 164 valence electrons. The number of pyridine rings is 1. The smallest absolute Gasteiger partial charge is 0.268 e. The van der Waals surface area contributed by atoms with E-state index in [2.05, 4.69) is 10.4 Å². The molecule has 0 spiro atoms. The Morgan fingerprint density at radius 3 is 2.31 bits per heavy atom. The zero-order valence-corrected chi connectivity index (χ0v) is 17.1. The number of nitrogens with one attached hydrogen (secondary N) is 1. The highest BCUT2D eigenvalue weighted by molar-refractivity contribution is 6.08. The first-order chi connectivity index (χ1) is 15.3. The van der Waals surface area contributed by atoms with Crippen LogP contribution >= 0.6 is 0 Å². The van der Waals surface area contributed by atoms with Crippen molar-refractivity contribution in [3.8, 4) is 17.2 Å². The number of primary amides is 2. The summed E-state index contributed by atoms with van der Waals surface area (Å²) in [4.78, 5) is 39.9. The molecule has 0 bridgehead atoms. The fourth-order valence-electron chi connectivity index (χ4n) is 3.89. The van der Waals surface area contributed by atoms with Crippen LogP contribution in [0.2, 0.25) is 0 Å². The van der Waals surface area contributed by atoms with Crippen LogP contribution in [0.25, 0.3) is 10.9 Å². The quantitative estimate of drug-likeness (QED) is 0.186. The zero-order valence-electron chi connectivity index (χ0n) is 17.1. The predicted molar refractivity (Wildman–Crippen MR) is 115 cm³/mol. The van der Waals surface area contributed by atoms with E-state index in [1.165, 1.54) is 7.11 Å². The summed E-state index contributed by atoms with van der Waals surface area (Å²) >= 11 is 0. The lowest BCUT2D eigenvalue weighted by Crippen LogP contribution is -2.38. The van der Waals surface area contributed by atoms with Gasteiger partial charge >= 0.3 is 0 Å². The van der Waals surface area contributed by atoms with Crippen molar-refractivity contribution in [1.82, 2.24) is 10.4 Å². The SMILES string of the molecule is COc1cc2nccc(Oc3ccc(C4CC4(C(N)=O)C(N)=O)cc3)c2cc1C(=O)NN. The first-order valence-electron chi connectivity index (χ1n) is 9.67. The van der Waals surface area contributed by atoms with E-state index in [1.54, 1.807) is 48.7 Å². The number of rotatable bonds is 7. The van der Waals surface area contributed by atoms with Crippen molar-refractivity contribution in [3.63, 3.8) is 0 Å². The highest BCUT2D eigenvalue weighted by atomic mass is 16.5. The Balaban J connectivity index is 1.63. The molecule has 3 amide bonds. The van der Waals surface area contributed by atoms with Crippen LogP contribution in [-0.4, -0.2) is 29.8 Å². The molecule has 7 N–H and O–H groups in total. The van der Waals surface area contributed by atoms with Gasteiger partial charge in [-0.3, -0.25) is 24.8 Å². The molecule has 1 fully saturated rings. The van der Waals surface area contributed by atoms with E-state index in [0.717, 1.165) is 5.56 Å². The molecule has 4 rings (SSSR count). The maximum Gasteiger partial charge on any atom is 0.268 e. The van der Waals surface area contributed by atoms with E-state index < -0.39 is 23.1 Å².